The molecule has 0 aliphatic heterocycles. The maximum Gasteiger partial charge on any atom is 0.161 e. The first-order valence-electron chi connectivity index (χ1n) is 4.38. The standard InChI is InChI=1S/C9H4BrFN4S/c10-8-7(14-16-15-8)9-12-5-3-1-2-4(11)6(5)13-9/h1-3H,(H,12,13). The van der Waals surface area contributed by atoms with Crippen LogP contribution in [-0.2, 0) is 0 Å². The molecule has 0 saturated heterocycles. The highest BCUT2D eigenvalue weighted by atomic mass is 79.9. The van der Waals surface area contributed by atoms with Crippen LogP contribution in [0.5, 0.6) is 0 Å². The number of imidazole rings is 1. The van der Waals surface area contributed by atoms with Gasteiger partial charge in [0.2, 0.25) is 0 Å². The minimum absolute atomic E-state index is 0.317. The SMILES string of the molecule is Fc1cccc2[nH]c(-c3nsnc3Br)nc12. The minimum atomic E-state index is -0.348. The number of nitrogens with zero attached hydrogens (tertiary/aromatic N) is 3. The second-order valence-electron chi connectivity index (χ2n) is 3.13. The Morgan fingerprint density at radius 1 is 1.31 bits per heavy atom. The van der Waals surface area contributed by atoms with Crippen LogP contribution in [0.15, 0.2) is 22.8 Å². The van der Waals surface area contributed by atoms with Crippen LogP contribution in [0.25, 0.3) is 22.6 Å². The number of aromatic amines is 1. The second kappa shape index (κ2) is 3.60. The molecule has 3 aromatic rings. The number of nitrogens with one attached hydrogen (secondary N) is 1. The van der Waals surface area contributed by atoms with E-state index in [-0.39, 0.29) is 5.82 Å². The van der Waals surface area contributed by atoms with Gasteiger partial charge < -0.3 is 4.98 Å². The topological polar surface area (TPSA) is 54.5 Å². The molecule has 3 rings (SSSR count). The molecule has 4 nitrogen and oxygen atoms in total. The van der Waals surface area contributed by atoms with Gasteiger partial charge in [0, 0.05) is 0 Å². The molecule has 0 radical (unpaired) electrons. The van der Waals surface area contributed by atoms with E-state index in [0.717, 1.165) is 11.7 Å². The molecule has 16 heavy (non-hydrogen) atoms. The molecule has 0 aliphatic rings. The Balaban J connectivity index is 2.27. The van der Waals surface area contributed by atoms with Crippen LogP contribution in [0.2, 0.25) is 0 Å². The molecule has 0 bridgehead atoms. The van der Waals surface area contributed by atoms with Gasteiger partial charge in [-0.1, -0.05) is 6.07 Å². The predicted molar refractivity (Wildman–Crippen MR) is 62.7 cm³/mol. The highest BCUT2D eigenvalue weighted by molar-refractivity contribution is 9.10. The Morgan fingerprint density at radius 3 is 2.88 bits per heavy atom. The zero-order valence-corrected chi connectivity index (χ0v) is 10.1. The summed E-state index contributed by atoms with van der Waals surface area (Å²) in [5.41, 5.74) is 1.56. The predicted octanol–water partition coefficient (Wildman–Crippen LogP) is 2.98. The Bertz CT molecular complexity index is 662. The molecule has 0 fully saturated rings. The first-order valence-corrected chi connectivity index (χ1v) is 5.90. The first-order chi connectivity index (χ1) is 7.75. The molecular formula is C9H4BrFN4S. The number of aromatic nitrogens is 4. The number of halogens is 2. The van der Waals surface area contributed by atoms with Crippen molar-refractivity contribution in [3.05, 3.63) is 28.6 Å². The van der Waals surface area contributed by atoms with Gasteiger partial charge in [-0.15, -0.1) is 0 Å². The second-order valence-corrected chi connectivity index (χ2v) is 4.40. The van der Waals surface area contributed by atoms with Crippen LogP contribution in [0.4, 0.5) is 4.39 Å². The van der Waals surface area contributed by atoms with Gasteiger partial charge in [0.1, 0.15) is 5.52 Å². The third kappa shape index (κ3) is 1.43. The van der Waals surface area contributed by atoms with E-state index >= 15 is 0 Å². The van der Waals surface area contributed by atoms with Crippen molar-refractivity contribution >= 4 is 38.7 Å². The van der Waals surface area contributed by atoms with E-state index in [1.807, 2.05) is 0 Å². The lowest BCUT2D eigenvalue weighted by Crippen LogP contribution is -1.80. The molecule has 2 aromatic heterocycles. The van der Waals surface area contributed by atoms with Crippen LogP contribution in [0, 0.1) is 5.82 Å². The molecule has 0 aliphatic carbocycles. The van der Waals surface area contributed by atoms with Gasteiger partial charge in [0.05, 0.1) is 17.2 Å². The summed E-state index contributed by atoms with van der Waals surface area (Å²) in [4.78, 5) is 7.16. The maximum atomic E-state index is 13.4. The smallest absolute Gasteiger partial charge is 0.161 e. The van der Waals surface area contributed by atoms with E-state index in [9.17, 15) is 4.39 Å². The van der Waals surface area contributed by atoms with Crippen molar-refractivity contribution in [1.82, 2.24) is 18.7 Å². The largest absolute Gasteiger partial charge is 0.336 e. The quantitative estimate of drug-likeness (QED) is 0.751. The fraction of sp³-hybridized carbons (Fsp3) is 0. The highest BCUT2D eigenvalue weighted by Gasteiger charge is 2.13. The zero-order valence-electron chi connectivity index (χ0n) is 7.74. The fourth-order valence-corrected chi connectivity index (χ4v) is 2.47. The number of benzene rings is 1. The molecule has 0 unspecified atom stereocenters. The molecule has 0 atom stereocenters. The summed E-state index contributed by atoms with van der Waals surface area (Å²) in [5, 5.41) is 0. The summed E-state index contributed by atoms with van der Waals surface area (Å²) in [7, 11) is 0. The number of hydrogen-bond donors (Lipinski definition) is 1. The molecule has 0 saturated carbocycles. The van der Waals surface area contributed by atoms with Gasteiger partial charge in [0.25, 0.3) is 0 Å². The molecule has 1 N–H and O–H groups in total. The van der Waals surface area contributed by atoms with Crippen molar-refractivity contribution in [3.63, 3.8) is 0 Å². The Labute approximate surface area is 102 Å². The van der Waals surface area contributed by atoms with Crippen LogP contribution in [0.3, 0.4) is 0 Å². The minimum Gasteiger partial charge on any atom is -0.336 e. The maximum absolute atomic E-state index is 13.4. The number of hydrogen-bond acceptors (Lipinski definition) is 4. The molecule has 7 heteroatoms. The lowest BCUT2D eigenvalue weighted by Gasteiger charge is -1.87. The Hall–Kier alpha value is -1.34. The molecule has 2 heterocycles. The summed E-state index contributed by atoms with van der Waals surface area (Å²) < 4.78 is 22.1. The molecule has 80 valence electrons. The highest BCUT2D eigenvalue weighted by Crippen LogP contribution is 2.26. The van der Waals surface area contributed by atoms with E-state index in [1.54, 1.807) is 12.1 Å². The third-order valence-electron chi connectivity index (χ3n) is 2.14. The number of para-hydroxylation sites is 1. The van der Waals surface area contributed by atoms with Crippen molar-refractivity contribution in [2.45, 2.75) is 0 Å². The number of H-pyrrole nitrogens is 1. The van der Waals surface area contributed by atoms with Gasteiger partial charge in [-0.2, -0.15) is 8.75 Å². The van der Waals surface area contributed by atoms with Crippen molar-refractivity contribution in [3.8, 4) is 11.5 Å². The molecule has 0 spiro atoms. The van der Waals surface area contributed by atoms with Gasteiger partial charge in [-0.25, -0.2) is 9.37 Å². The average molecular weight is 299 g/mol. The van der Waals surface area contributed by atoms with Crippen LogP contribution < -0.4 is 0 Å². The Kier molecular flexibility index (Phi) is 2.22. The van der Waals surface area contributed by atoms with E-state index in [4.69, 9.17) is 0 Å². The van der Waals surface area contributed by atoms with Crippen molar-refractivity contribution in [2.24, 2.45) is 0 Å². The van der Waals surface area contributed by atoms with Crippen LogP contribution >= 0.6 is 27.7 Å². The normalized spacial score (nSPS) is 11.1. The first kappa shape index (κ1) is 9.86. The number of fused-ring (bicyclic) bond motifs is 1. The van der Waals surface area contributed by atoms with Crippen molar-refractivity contribution in [2.75, 3.05) is 0 Å². The molecular weight excluding hydrogens is 295 g/mol. The summed E-state index contributed by atoms with van der Waals surface area (Å²) in [6, 6.07) is 4.78. The fourth-order valence-electron chi connectivity index (χ4n) is 1.43. The van der Waals surface area contributed by atoms with E-state index in [0.29, 0.717) is 27.2 Å². The lowest BCUT2D eigenvalue weighted by atomic mass is 10.3. The lowest BCUT2D eigenvalue weighted by molar-refractivity contribution is 0.637. The number of rotatable bonds is 1. The summed E-state index contributed by atoms with van der Waals surface area (Å²) >= 11 is 4.34. The van der Waals surface area contributed by atoms with Crippen molar-refractivity contribution in [1.29, 1.82) is 0 Å². The monoisotopic (exact) mass is 298 g/mol. The zero-order chi connectivity index (χ0) is 11.1. The summed E-state index contributed by atoms with van der Waals surface area (Å²) in [6.45, 7) is 0. The van der Waals surface area contributed by atoms with Crippen LogP contribution in [0.1, 0.15) is 0 Å². The van der Waals surface area contributed by atoms with Crippen molar-refractivity contribution < 1.29 is 4.39 Å². The summed E-state index contributed by atoms with van der Waals surface area (Å²) in [5.74, 6) is 0.167. The third-order valence-corrected chi connectivity index (χ3v) is 3.45. The van der Waals surface area contributed by atoms with E-state index in [2.05, 4.69) is 34.6 Å². The molecule has 1 aromatic carbocycles. The van der Waals surface area contributed by atoms with E-state index in [1.165, 1.54) is 6.07 Å². The van der Waals surface area contributed by atoms with E-state index < -0.39 is 0 Å². The molecule has 0 amide bonds. The summed E-state index contributed by atoms with van der Waals surface area (Å²) in [6.07, 6.45) is 0. The van der Waals surface area contributed by atoms with Gasteiger partial charge in [-0.05, 0) is 28.1 Å². The van der Waals surface area contributed by atoms with Gasteiger partial charge >= 0.3 is 0 Å². The average Bonchev–Trinajstić information content (AvgIpc) is 2.84. The van der Waals surface area contributed by atoms with Gasteiger partial charge in [-0.3, -0.25) is 0 Å². The van der Waals surface area contributed by atoms with Crippen LogP contribution in [-0.4, -0.2) is 18.7 Å². The van der Waals surface area contributed by atoms with Gasteiger partial charge in [0.15, 0.2) is 21.9 Å². The Morgan fingerprint density at radius 2 is 2.19 bits per heavy atom.